The van der Waals surface area contributed by atoms with Gasteiger partial charge >= 0.3 is 6.03 Å². The molecule has 2 heterocycles. The first-order valence-corrected chi connectivity index (χ1v) is 7.55. The average molecular weight is 310 g/mol. The maximum absolute atomic E-state index is 12.1. The third-order valence-electron chi connectivity index (χ3n) is 4.00. The van der Waals surface area contributed by atoms with Crippen LogP contribution in [-0.2, 0) is 4.74 Å². The zero-order valence-corrected chi connectivity index (χ0v) is 13.5. The molecule has 0 aliphatic carbocycles. The van der Waals surface area contributed by atoms with Crippen LogP contribution in [0.5, 0.6) is 0 Å². The molecule has 1 fully saturated rings. The summed E-state index contributed by atoms with van der Waals surface area (Å²) in [6.07, 6.45) is 1.59. The molecule has 124 valence electrons. The number of carbonyl (C=O) groups is 1. The smallest absolute Gasteiger partial charge is 0.315 e. The molecule has 2 amide bonds. The van der Waals surface area contributed by atoms with Gasteiger partial charge in [-0.3, -0.25) is 4.90 Å². The Kier molecular flexibility index (Phi) is 6.23. The molecule has 0 unspecified atom stereocenters. The molecule has 2 atom stereocenters. The molecule has 1 aromatic rings. The van der Waals surface area contributed by atoms with Gasteiger partial charge in [-0.15, -0.1) is 0 Å². The summed E-state index contributed by atoms with van der Waals surface area (Å²) in [5.41, 5.74) is 0. The van der Waals surface area contributed by atoms with Gasteiger partial charge in [0.1, 0.15) is 11.8 Å². The van der Waals surface area contributed by atoms with Crippen molar-refractivity contribution in [3.63, 3.8) is 0 Å². The van der Waals surface area contributed by atoms with Gasteiger partial charge in [-0.1, -0.05) is 0 Å². The van der Waals surface area contributed by atoms with Crippen molar-refractivity contribution in [2.75, 3.05) is 54.0 Å². The number of nitrogens with one attached hydrogen (secondary N) is 2. The second-order valence-electron chi connectivity index (χ2n) is 5.77. The number of furan rings is 1. The van der Waals surface area contributed by atoms with Gasteiger partial charge in [-0.2, -0.15) is 0 Å². The summed E-state index contributed by atoms with van der Waals surface area (Å²) in [5, 5.41) is 5.82. The Hall–Kier alpha value is -1.57. The maximum atomic E-state index is 12.1. The van der Waals surface area contributed by atoms with Crippen molar-refractivity contribution >= 4 is 6.03 Å². The summed E-state index contributed by atoms with van der Waals surface area (Å²) in [6, 6.07) is 3.46. The number of urea groups is 1. The van der Waals surface area contributed by atoms with E-state index < -0.39 is 0 Å². The fourth-order valence-electron chi connectivity index (χ4n) is 2.59. The standard InChI is InChI=1S/C15H26N4O3/c1-18-6-7-19(2)12(10-18)9-16-15(20)17-13(11-21-3)14-5-4-8-22-14/h4-5,8,12-13H,6-7,9-11H2,1-3H3,(H2,16,17,20)/t12-,13+/m1/s1. The van der Waals surface area contributed by atoms with Crippen LogP contribution in [0.25, 0.3) is 0 Å². The fourth-order valence-corrected chi connectivity index (χ4v) is 2.59. The van der Waals surface area contributed by atoms with Gasteiger partial charge < -0.3 is 24.7 Å². The molecule has 7 nitrogen and oxygen atoms in total. The number of piperazine rings is 1. The van der Waals surface area contributed by atoms with E-state index in [1.807, 2.05) is 6.07 Å². The van der Waals surface area contributed by atoms with Crippen molar-refractivity contribution in [3.8, 4) is 0 Å². The molecule has 0 spiro atoms. The molecule has 0 bridgehead atoms. The van der Waals surface area contributed by atoms with Crippen molar-refractivity contribution in [3.05, 3.63) is 24.2 Å². The molecule has 0 aromatic carbocycles. The van der Waals surface area contributed by atoms with E-state index in [1.165, 1.54) is 0 Å². The summed E-state index contributed by atoms with van der Waals surface area (Å²) in [6.45, 7) is 4.02. The number of carbonyl (C=O) groups excluding carboxylic acids is 1. The lowest BCUT2D eigenvalue weighted by Gasteiger charge is -2.37. The van der Waals surface area contributed by atoms with E-state index >= 15 is 0 Å². The van der Waals surface area contributed by atoms with Crippen LogP contribution < -0.4 is 10.6 Å². The Morgan fingerprint density at radius 3 is 3.00 bits per heavy atom. The molecule has 1 aliphatic rings. The highest BCUT2D eigenvalue weighted by molar-refractivity contribution is 5.74. The van der Waals surface area contributed by atoms with E-state index in [0.717, 1.165) is 19.6 Å². The van der Waals surface area contributed by atoms with Crippen molar-refractivity contribution in [2.45, 2.75) is 12.1 Å². The molecule has 1 aromatic heterocycles. The molecule has 1 aliphatic heterocycles. The minimum Gasteiger partial charge on any atom is -0.467 e. The van der Waals surface area contributed by atoms with Crippen LogP contribution in [0.2, 0.25) is 0 Å². The molecule has 7 heteroatoms. The lowest BCUT2D eigenvalue weighted by atomic mass is 10.2. The first-order chi connectivity index (χ1) is 10.6. The number of hydrogen-bond acceptors (Lipinski definition) is 5. The monoisotopic (exact) mass is 310 g/mol. The SMILES string of the molecule is COC[C@H](NC(=O)NC[C@@H]1CN(C)CCN1C)c1ccco1. The molecule has 2 rings (SSSR count). The number of amides is 2. The molecular formula is C15H26N4O3. The first kappa shape index (κ1) is 16.8. The van der Waals surface area contributed by atoms with Gasteiger partial charge in [-0.05, 0) is 26.2 Å². The van der Waals surface area contributed by atoms with E-state index in [9.17, 15) is 4.79 Å². The van der Waals surface area contributed by atoms with E-state index in [-0.39, 0.29) is 12.1 Å². The third kappa shape index (κ3) is 4.72. The Labute approximate surface area is 131 Å². The Morgan fingerprint density at radius 1 is 1.50 bits per heavy atom. The fraction of sp³-hybridized carbons (Fsp3) is 0.667. The van der Waals surface area contributed by atoms with E-state index in [2.05, 4.69) is 34.5 Å². The highest BCUT2D eigenvalue weighted by Crippen LogP contribution is 2.13. The molecule has 0 radical (unpaired) electrons. The minimum absolute atomic E-state index is 0.208. The normalized spacial score (nSPS) is 21.5. The molecule has 2 N–H and O–H groups in total. The van der Waals surface area contributed by atoms with Crippen LogP contribution in [0.15, 0.2) is 22.8 Å². The van der Waals surface area contributed by atoms with Crippen LogP contribution in [0, 0.1) is 0 Å². The molecule has 1 saturated heterocycles. The van der Waals surface area contributed by atoms with E-state index in [4.69, 9.17) is 9.15 Å². The Morgan fingerprint density at radius 2 is 2.32 bits per heavy atom. The highest BCUT2D eigenvalue weighted by atomic mass is 16.5. The van der Waals surface area contributed by atoms with E-state index in [1.54, 1.807) is 19.4 Å². The second kappa shape index (κ2) is 8.17. The zero-order chi connectivity index (χ0) is 15.9. The van der Waals surface area contributed by atoms with Gasteiger partial charge in [0.2, 0.25) is 0 Å². The van der Waals surface area contributed by atoms with Gasteiger partial charge in [-0.25, -0.2) is 4.79 Å². The van der Waals surface area contributed by atoms with Gasteiger partial charge in [0.05, 0.1) is 12.9 Å². The number of hydrogen-bond donors (Lipinski definition) is 2. The van der Waals surface area contributed by atoms with Crippen LogP contribution >= 0.6 is 0 Å². The lowest BCUT2D eigenvalue weighted by molar-refractivity contribution is 0.113. The van der Waals surface area contributed by atoms with Crippen molar-refractivity contribution in [1.82, 2.24) is 20.4 Å². The largest absolute Gasteiger partial charge is 0.467 e. The number of methoxy groups -OCH3 is 1. The number of ether oxygens (including phenoxy) is 1. The lowest BCUT2D eigenvalue weighted by Crippen LogP contribution is -2.55. The van der Waals surface area contributed by atoms with E-state index in [0.29, 0.717) is 25.0 Å². The zero-order valence-electron chi connectivity index (χ0n) is 13.5. The van der Waals surface area contributed by atoms with Gasteiger partial charge in [0.15, 0.2) is 0 Å². The Balaban J connectivity index is 1.81. The molecule has 22 heavy (non-hydrogen) atoms. The average Bonchev–Trinajstić information content (AvgIpc) is 3.02. The van der Waals surface area contributed by atoms with Crippen molar-refractivity contribution in [2.24, 2.45) is 0 Å². The summed E-state index contributed by atoms with van der Waals surface area (Å²) in [7, 11) is 5.79. The number of rotatable bonds is 6. The van der Waals surface area contributed by atoms with Gasteiger partial charge in [0, 0.05) is 39.3 Å². The van der Waals surface area contributed by atoms with Crippen molar-refractivity contribution < 1.29 is 13.9 Å². The highest BCUT2D eigenvalue weighted by Gasteiger charge is 2.23. The van der Waals surface area contributed by atoms with Crippen LogP contribution in [0.4, 0.5) is 4.79 Å². The maximum Gasteiger partial charge on any atom is 0.315 e. The quantitative estimate of drug-likeness (QED) is 0.801. The summed E-state index contributed by atoms with van der Waals surface area (Å²) in [4.78, 5) is 16.7. The van der Waals surface area contributed by atoms with Crippen molar-refractivity contribution in [1.29, 1.82) is 0 Å². The van der Waals surface area contributed by atoms with Crippen LogP contribution in [0.3, 0.4) is 0 Å². The second-order valence-corrected chi connectivity index (χ2v) is 5.77. The predicted molar refractivity (Wildman–Crippen MR) is 83.8 cm³/mol. The molecule has 0 saturated carbocycles. The Bertz CT molecular complexity index is 452. The summed E-state index contributed by atoms with van der Waals surface area (Å²) in [5.74, 6) is 0.687. The topological polar surface area (TPSA) is 70.0 Å². The first-order valence-electron chi connectivity index (χ1n) is 7.55. The molecular weight excluding hydrogens is 284 g/mol. The van der Waals surface area contributed by atoms with Crippen LogP contribution in [0.1, 0.15) is 11.8 Å². The third-order valence-corrected chi connectivity index (χ3v) is 4.00. The number of likely N-dealkylation sites (N-methyl/N-ethyl adjacent to an activating group) is 2. The van der Waals surface area contributed by atoms with Crippen LogP contribution in [-0.4, -0.2) is 75.9 Å². The number of nitrogens with zero attached hydrogens (tertiary/aromatic N) is 2. The van der Waals surface area contributed by atoms with Gasteiger partial charge in [0.25, 0.3) is 0 Å². The summed E-state index contributed by atoms with van der Waals surface area (Å²) < 4.78 is 10.5. The minimum atomic E-state index is -0.285. The predicted octanol–water partition coefficient (Wildman–Crippen LogP) is 0.512. The summed E-state index contributed by atoms with van der Waals surface area (Å²) >= 11 is 0.